The van der Waals surface area contributed by atoms with E-state index >= 15 is 0 Å². The summed E-state index contributed by atoms with van der Waals surface area (Å²) in [6.07, 6.45) is 6.92. The van der Waals surface area contributed by atoms with Gasteiger partial charge in [0.2, 0.25) is 0 Å². The zero-order valence-electron chi connectivity index (χ0n) is 15.5. The number of carbonyl (C=O) groups excluding carboxylic acids is 2. The Labute approximate surface area is 154 Å². The molecule has 0 aromatic heterocycles. The van der Waals surface area contributed by atoms with Crippen molar-refractivity contribution in [2.24, 2.45) is 5.92 Å². The Morgan fingerprint density at radius 2 is 1.69 bits per heavy atom. The van der Waals surface area contributed by atoms with E-state index in [0.717, 1.165) is 19.4 Å². The van der Waals surface area contributed by atoms with Gasteiger partial charge in [-0.1, -0.05) is 18.9 Å². The van der Waals surface area contributed by atoms with E-state index in [4.69, 9.17) is 14.2 Å². The molecule has 142 valence electrons. The first-order valence-electron chi connectivity index (χ1n) is 9.33. The van der Waals surface area contributed by atoms with Crippen molar-refractivity contribution in [1.29, 1.82) is 0 Å². The van der Waals surface area contributed by atoms with Gasteiger partial charge in [0, 0.05) is 12.6 Å². The van der Waals surface area contributed by atoms with E-state index in [2.05, 4.69) is 0 Å². The summed E-state index contributed by atoms with van der Waals surface area (Å²) in [5.41, 5.74) is 0.208. The Morgan fingerprint density at radius 1 is 1.04 bits per heavy atom. The fourth-order valence-electron chi connectivity index (χ4n) is 4.27. The fraction of sp³-hybridized carbons (Fsp3) is 0.600. The molecule has 0 unspecified atom stereocenters. The Kier molecular flexibility index (Phi) is 6.01. The average molecular weight is 361 g/mol. The molecule has 1 amide bonds. The Hall–Kier alpha value is -2.24. The van der Waals surface area contributed by atoms with Crippen molar-refractivity contribution < 1.29 is 23.8 Å². The SMILES string of the molecule is COc1cccc(OC)c1C(=O)OCC(=O)N1CCC[C@H]2CCCC[C@@H]21. The number of methoxy groups -OCH3 is 2. The lowest BCUT2D eigenvalue weighted by molar-refractivity contribution is -0.140. The maximum atomic E-state index is 12.7. The molecule has 3 rings (SSSR count). The highest BCUT2D eigenvalue weighted by Crippen LogP contribution is 2.35. The molecule has 1 aliphatic heterocycles. The number of fused-ring (bicyclic) bond motifs is 1. The van der Waals surface area contributed by atoms with Gasteiger partial charge in [0.25, 0.3) is 5.91 Å². The largest absolute Gasteiger partial charge is 0.496 e. The molecule has 0 radical (unpaired) electrons. The van der Waals surface area contributed by atoms with Gasteiger partial charge in [0.1, 0.15) is 17.1 Å². The molecule has 2 fully saturated rings. The standard InChI is InChI=1S/C20H27NO5/c1-24-16-10-5-11-17(25-2)19(16)20(23)26-13-18(22)21-12-6-8-14-7-3-4-9-15(14)21/h5,10-11,14-15H,3-4,6-9,12-13H2,1-2H3/t14-,15+/m1/s1. The zero-order valence-corrected chi connectivity index (χ0v) is 15.5. The van der Waals surface area contributed by atoms with Gasteiger partial charge in [0.15, 0.2) is 6.61 Å². The molecule has 1 aromatic rings. The van der Waals surface area contributed by atoms with Crippen LogP contribution in [-0.2, 0) is 9.53 Å². The number of likely N-dealkylation sites (tertiary alicyclic amines) is 1. The lowest BCUT2D eigenvalue weighted by atomic mass is 9.78. The maximum absolute atomic E-state index is 12.7. The van der Waals surface area contributed by atoms with Crippen LogP contribution in [0, 0.1) is 5.92 Å². The minimum absolute atomic E-state index is 0.108. The number of hydrogen-bond donors (Lipinski definition) is 0. The average Bonchev–Trinajstić information content (AvgIpc) is 2.70. The van der Waals surface area contributed by atoms with Gasteiger partial charge < -0.3 is 19.1 Å². The lowest BCUT2D eigenvalue weighted by Crippen LogP contribution is -2.50. The molecule has 6 nitrogen and oxygen atoms in total. The topological polar surface area (TPSA) is 65.1 Å². The van der Waals surface area contributed by atoms with Crippen LogP contribution < -0.4 is 9.47 Å². The van der Waals surface area contributed by atoms with E-state index < -0.39 is 5.97 Å². The molecule has 26 heavy (non-hydrogen) atoms. The van der Waals surface area contributed by atoms with Crippen molar-refractivity contribution in [2.45, 2.75) is 44.6 Å². The summed E-state index contributed by atoms with van der Waals surface area (Å²) in [6.45, 7) is 0.513. The second kappa shape index (κ2) is 8.43. The second-order valence-electron chi connectivity index (χ2n) is 6.95. The summed E-state index contributed by atoms with van der Waals surface area (Å²) in [4.78, 5) is 27.1. The zero-order chi connectivity index (χ0) is 18.5. The maximum Gasteiger partial charge on any atom is 0.346 e. The third kappa shape index (κ3) is 3.79. The summed E-state index contributed by atoms with van der Waals surface area (Å²) in [7, 11) is 2.96. The fourth-order valence-corrected chi connectivity index (χ4v) is 4.27. The molecular weight excluding hydrogens is 334 g/mol. The molecule has 1 aromatic carbocycles. The highest BCUT2D eigenvalue weighted by Gasteiger charge is 2.36. The number of benzene rings is 1. The molecule has 0 N–H and O–H groups in total. The number of ether oxygens (including phenoxy) is 3. The van der Waals surface area contributed by atoms with Gasteiger partial charge in [-0.25, -0.2) is 4.79 Å². The monoisotopic (exact) mass is 361 g/mol. The highest BCUT2D eigenvalue weighted by molar-refractivity contribution is 5.96. The Bertz CT molecular complexity index is 635. The molecule has 1 saturated carbocycles. The lowest BCUT2D eigenvalue weighted by Gasteiger charge is -2.44. The quantitative estimate of drug-likeness (QED) is 0.754. The predicted octanol–water partition coefficient (Wildman–Crippen LogP) is 3.04. The number of esters is 1. The van der Waals surface area contributed by atoms with Crippen molar-refractivity contribution in [3.63, 3.8) is 0 Å². The van der Waals surface area contributed by atoms with Crippen LogP contribution in [-0.4, -0.2) is 50.2 Å². The van der Waals surface area contributed by atoms with Gasteiger partial charge in [-0.05, 0) is 43.7 Å². The third-order valence-corrected chi connectivity index (χ3v) is 5.52. The van der Waals surface area contributed by atoms with Crippen LogP contribution in [0.15, 0.2) is 18.2 Å². The van der Waals surface area contributed by atoms with Crippen LogP contribution in [0.3, 0.4) is 0 Å². The van der Waals surface area contributed by atoms with Crippen molar-refractivity contribution in [3.05, 3.63) is 23.8 Å². The number of nitrogens with zero attached hydrogens (tertiary/aromatic N) is 1. The molecular formula is C20H27NO5. The van der Waals surface area contributed by atoms with Gasteiger partial charge >= 0.3 is 5.97 Å². The summed E-state index contributed by atoms with van der Waals surface area (Å²) in [6, 6.07) is 5.37. The summed E-state index contributed by atoms with van der Waals surface area (Å²) in [5.74, 6) is 0.624. The molecule has 6 heteroatoms. The van der Waals surface area contributed by atoms with E-state index in [9.17, 15) is 9.59 Å². The van der Waals surface area contributed by atoms with Crippen LogP contribution >= 0.6 is 0 Å². The van der Waals surface area contributed by atoms with Crippen LogP contribution in [0.1, 0.15) is 48.9 Å². The molecule has 2 atom stereocenters. The van der Waals surface area contributed by atoms with Crippen molar-refractivity contribution >= 4 is 11.9 Å². The minimum Gasteiger partial charge on any atom is -0.496 e. The third-order valence-electron chi connectivity index (χ3n) is 5.52. The number of amides is 1. The van der Waals surface area contributed by atoms with Gasteiger partial charge in [-0.15, -0.1) is 0 Å². The van der Waals surface area contributed by atoms with E-state index in [1.807, 2.05) is 4.90 Å². The molecule has 0 spiro atoms. The van der Waals surface area contributed by atoms with Crippen molar-refractivity contribution in [2.75, 3.05) is 27.4 Å². The number of rotatable bonds is 5. The first-order chi connectivity index (χ1) is 12.7. The summed E-state index contributed by atoms with van der Waals surface area (Å²) in [5, 5.41) is 0. The van der Waals surface area contributed by atoms with E-state index in [1.54, 1.807) is 18.2 Å². The molecule has 2 aliphatic rings. The smallest absolute Gasteiger partial charge is 0.346 e. The predicted molar refractivity (Wildman–Crippen MR) is 96.5 cm³/mol. The van der Waals surface area contributed by atoms with Gasteiger partial charge in [-0.2, -0.15) is 0 Å². The van der Waals surface area contributed by atoms with Crippen LogP contribution in [0.2, 0.25) is 0 Å². The highest BCUT2D eigenvalue weighted by atomic mass is 16.5. The van der Waals surface area contributed by atoms with Gasteiger partial charge in [-0.3, -0.25) is 4.79 Å². The summed E-state index contributed by atoms with van der Waals surface area (Å²) >= 11 is 0. The van der Waals surface area contributed by atoms with Gasteiger partial charge in [0.05, 0.1) is 14.2 Å². The first-order valence-corrected chi connectivity index (χ1v) is 9.33. The van der Waals surface area contributed by atoms with E-state index in [-0.39, 0.29) is 18.1 Å². The number of carbonyl (C=O) groups is 2. The minimum atomic E-state index is -0.607. The first kappa shape index (κ1) is 18.5. The van der Waals surface area contributed by atoms with Crippen LogP contribution in [0.25, 0.3) is 0 Å². The molecule has 1 heterocycles. The van der Waals surface area contributed by atoms with Crippen LogP contribution in [0.5, 0.6) is 11.5 Å². The number of hydrogen-bond acceptors (Lipinski definition) is 5. The molecule has 1 saturated heterocycles. The summed E-state index contributed by atoms with van der Waals surface area (Å²) < 4.78 is 15.8. The second-order valence-corrected chi connectivity index (χ2v) is 6.95. The number of piperidine rings is 1. The Balaban J connectivity index is 1.65. The van der Waals surface area contributed by atoms with Crippen molar-refractivity contribution in [1.82, 2.24) is 4.90 Å². The Morgan fingerprint density at radius 3 is 2.38 bits per heavy atom. The van der Waals surface area contributed by atoms with Crippen LogP contribution in [0.4, 0.5) is 0 Å². The van der Waals surface area contributed by atoms with Crippen molar-refractivity contribution in [3.8, 4) is 11.5 Å². The van der Waals surface area contributed by atoms with E-state index in [0.29, 0.717) is 23.5 Å². The molecule has 1 aliphatic carbocycles. The molecule has 0 bridgehead atoms. The normalized spacial score (nSPS) is 22.3. The van der Waals surface area contributed by atoms with E-state index in [1.165, 1.54) is 39.9 Å².